The maximum Gasteiger partial charge on any atom is 0.143 e. The van der Waals surface area contributed by atoms with Gasteiger partial charge in [-0.15, -0.1) is 0 Å². The first kappa shape index (κ1) is 28.5. The standard InChI is InChI=1S/C48H31NO/c1-5-16-32(17-6-1)44-28-34(29-45(49-44)33-18-7-2-8-19-33)37-25-15-26-39-41-30-40-38-24-13-14-27-42(38)48(35-20-9-3-10-21-35,36-22-11-4-12-23-36)43(40)31-46(41)50-47(37)39/h1-31H. The first-order valence-corrected chi connectivity index (χ1v) is 17.1. The number of hydrogen-bond donors (Lipinski definition) is 0. The van der Waals surface area contributed by atoms with Gasteiger partial charge in [-0.3, -0.25) is 0 Å². The molecule has 2 heterocycles. The molecule has 0 radical (unpaired) electrons. The minimum absolute atomic E-state index is 0.481. The summed E-state index contributed by atoms with van der Waals surface area (Å²) in [4.78, 5) is 5.13. The van der Waals surface area contributed by atoms with Gasteiger partial charge in [0.15, 0.2) is 0 Å². The second-order valence-corrected chi connectivity index (χ2v) is 13.1. The van der Waals surface area contributed by atoms with E-state index < -0.39 is 5.41 Å². The van der Waals surface area contributed by atoms with E-state index in [1.165, 1.54) is 33.4 Å². The number of aromatic nitrogens is 1. The number of pyridine rings is 1. The van der Waals surface area contributed by atoms with Crippen molar-refractivity contribution in [3.63, 3.8) is 0 Å². The van der Waals surface area contributed by atoms with Crippen molar-refractivity contribution in [1.82, 2.24) is 4.98 Å². The third-order valence-electron chi connectivity index (χ3n) is 10.4. The fraction of sp³-hybridized carbons (Fsp3) is 0.0208. The van der Waals surface area contributed by atoms with Crippen LogP contribution >= 0.6 is 0 Å². The molecule has 0 spiro atoms. The van der Waals surface area contributed by atoms with Crippen molar-refractivity contribution in [2.24, 2.45) is 0 Å². The fourth-order valence-electron chi connectivity index (χ4n) is 8.16. The molecule has 2 aromatic heterocycles. The molecule has 0 unspecified atom stereocenters. The molecule has 0 bridgehead atoms. The molecule has 2 heteroatoms. The zero-order valence-corrected chi connectivity index (χ0v) is 27.3. The van der Waals surface area contributed by atoms with Gasteiger partial charge >= 0.3 is 0 Å². The van der Waals surface area contributed by atoms with Gasteiger partial charge in [0, 0.05) is 27.5 Å². The van der Waals surface area contributed by atoms with Crippen LogP contribution in [0, 0.1) is 0 Å². The van der Waals surface area contributed by atoms with Crippen molar-refractivity contribution in [3.05, 3.63) is 210 Å². The van der Waals surface area contributed by atoms with Crippen molar-refractivity contribution < 1.29 is 4.42 Å². The van der Waals surface area contributed by atoms with E-state index in [9.17, 15) is 0 Å². The zero-order chi connectivity index (χ0) is 33.1. The van der Waals surface area contributed by atoms with Gasteiger partial charge in [0.05, 0.1) is 16.8 Å². The molecule has 7 aromatic carbocycles. The summed E-state index contributed by atoms with van der Waals surface area (Å²) >= 11 is 0. The van der Waals surface area contributed by atoms with Gasteiger partial charge in [-0.25, -0.2) is 4.98 Å². The number of benzene rings is 7. The molecule has 9 aromatic rings. The highest BCUT2D eigenvalue weighted by atomic mass is 16.3. The van der Waals surface area contributed by atoms with Gasteiger partial charge in [-0.05, 0) is 63.2 Å². The normalized spacial score (nSPS) is 13.0. The van der Waals surface area contributed by atoms with Crippen LogP contribution in [0.2, 0.25) is 0 Å². The predicted molar refractivity (Wildman–Crippen MR) is 205 cm³/mol. The van der Waals surface area contributed by atoms with Gasteiger partial charge in [0.1, 0.15) is 11.2 Å². The van der Waals surface area contributed by atoms with E-state index >= 15 is 0 Å². The van der Waals surface area contributed by atoms with Crippen LogP contribution in [0.1, 0.15) is 22.3 Å². The summed E-state index contributed by atoms with van der Waals surface area (Å²) in [7, 11) is 0. The minimum atomic E-state index is -0.481. The van der Waals surface area contributed by atoms with Crippen LogP contribution in [0.15, 0.2) is 192 Å². The Balaban J connectivity index is 1.24. The summed E-state index contributed by atoms with van der Waals surface area (Å²) in [6, 6.07) is 67.1. The molecule has 0 N–H and O–H groups in total. The lowest BCUT2D eigenvalue weighted by Gasteiger charge is -2.33. The summed E-state index contributed by atoms with van der Waals surface area (Å²) < 4.78 is 7.00. The van der Waals surface area contributed by atoms with Crippen molar-refractivity contribution in [1.29, 1.82) is 0 Å². The highest BCUT2D eigenvalue weighted by Gasteiger charge is 2.46. The number of nitrogens with zero attached hydrogens (tertiary/aromatic N) is 1. The molecular formula is C48H31NO. The van der Waals surface area contributed by atoms with Crippen molar-refractivity contribution in [3.8, 4) is 44.8 Å². The van der Waals surface area contributed by atoms with Crippen LogP contribution < -0.4 is 0 Å². The SMILES string of the molecule is c1ccc(-c2cc(-c3cccc4c3oc3cc5c(cc34)-c3ccccc3C5(c3ccccc3)c3ccccc3)cc(-c3ccccc3)n2)cc1. The topological polar surface area (TPSA) is 26.0 Å². The third-order valence-corrected chi connectivity index (χ3v) is 10.4. The van der Waals surface area contributed by atoms with E-state index in [1.54, 1.807) is 0 Å². The lowest BCUT2D eigenvalue weighted by atomic mass is 9.67. The molecule has 50 heavy (non-hydrogen) atoms. The molecule has 1 aliphatic rings. The Bertz CT molecular complexity index is 2580. The number of furan rings is 1. The van der Waals surface area contributed by atoms with Crippen molar-refractivity contribution in [2.75, 3.05) is 0 Å². The lowest BCUT2D eigenvalue weighted by molar-refractivity contribution is 0.667. The van der Waals surface area contributed by atoms with E-state index in [4.69, 9.17) is 9.40 Å². The second-order valence-electron chi connectivity index (χ2n) is 13.1. The van der Waals surface area contributed by atoms with Crippen LogP contribution in [0.25, 0.3) is 66.7 Å². The molecule has 0 atom stereocenters. The second kappa shape index (κ2) is 11.3. The van der Waals surface area contributed by atoms with Gasteiger partial charge in [0.2, 0.25) is 0 Å². The first-order valence-electron chi connectivity index (χ1n) is 17.1. The highest BCUT2D eigenvalue weighted by molar-refractivity contribution is 6.12. The fourth-order valence-corrected chi connectivity index (χ4v) is 8.16. The molecule has 234 valence electrons. The molecule has 0 fully saturated rings. The summed E-state index contributed by atoms with van der Waals surface area (Å²) in [5.74, 6) is 0. The van der Waals surface area contributed by atoms with Crippen LogP contribution in [-0.2, 0) is 5.41 Å². The number of rotatable bonds is 5. The monoisotopic (exact) mass is 637 g/mol. The number of fused-ring (bicyclic) bond motifs is 6. The maximum absolute atomic E-state index is 7.00. The average Bonchev–Trinajstić information content (AvgIpc) is 3.71. The van der Waals surface area contributed by atoms with Gasteiger partial charge in [-0.2, -0.15) is 0 Å². The van der Waals surface area contributed by atoms with Crippen LogP contribution in [0.3, 0.4) is 0 Å². The lowest BCUT2D eigenvalue weighted by Crippen LogP contribution is -2.28. The Labute approximate surface area is 291 Å². The molecule has 0 aliphatic heterocycles. The van der Waals surface area contributed by atoms with Crippen LogP contribution in [-0.4, -0.2) is 4.98 Å². The van der Waals surface area contributed by atoms with Crippen molar-refractivity contribution >= 4 is 21.9 Å². The van der Waals surface area contributed by atoms with Crippen molar-refractivity contribution in [2.45, 2.75) is 5.41 Å². The first-order chi connectivity index (χ1) is 24.8. The van der Waals surface area contributed by atoms with Gasteiger partial charge < -0.3 is 4.42 Å². The predicted octanol–water partition coefficient (Wildman–Crippen LogP) is 12.3. The van der Waals surface area contributed by atoms with Crippen LogP contribution in [0.5, 0.6) is 0 Å². The summed E-state index contributed by atoms with van der Waals surface area (Å²) in [5.41, 5.74) is 15.0. The average molecular weight is 638 g/mol. The van der Waals surface area contributed by atoms with E-state index in [2.05, 4.69) is 176 Å². The Morgan fingerprint density at radius 2 is 0.920 bits per heavy atom. The van der Waals surface area contributed by atoms with Gasteiger partial charge in [-0.1, -0.05) is 164 Å². The van der Waals surface area contributed by atoms with E-state index in [-0.39, 0.29) is 0 Å². The zero-order valence-electron chi connectivity index (χ0n) is 27.3. The maximum atomic E-state index is 7.00. The minimum Gasteiger partial charge on any atom is -0.455 e. The summed E-state index contributed by atoms with van der Waals surface area (Å²) in [6.07, 6.45) is 0. The largest absolute Gasteiger partial charge is 0.455 e. The number of para-hydroxylation sites is 1. The number of hydrogen-bond acceptors (Lipinski definition) is 2. The Morgan fingerprint density at radius 3 is 1.54 bits per heavy atom. The molecule has 0 saturated heterocycles. The van der Waals surface area contributed by atoms with E-state index in [0.29, 0.717) is 0 Å². The summed E-state index contributed by atoms with van der Waals surface area (Å²) in [5, 5.41) is 2.22. The smallest absolute Gasteiger partial charge is 0.143 e. The Morgan fingerprint density at radius 1 is 0.380 bits per heavy atom. The van der Waals surface area contributed by atoms with E-state index in [0.717, 1.165) is 55.6 Å². The van der Waals surface area contributed by atoms with E-state index in [1.807, 2.05) is 12.1 Å². The van der Waals surface area contributed by atoms with Crippen LogP contribution in [0.4, 0.5) is 0 Å². The molecule has 0 saturated carbocycles. The highest BCUT2D eigenvalue weighted by Crippen LogP contribution is 2.57. The Hall–Kier alpha value is -6.51. The molecule has 1 aliphatic carbocycles. The molecule has 2 nitrogen and oxygen atoms in total. The molecule has 10 rings (SSSR count). The molecular weight excluding hydrogens is 607 g/mol. The molecule has 0 amide bonds. The van der Waals surface area contributed by atoms with Gasteiger partial charge in [0.25, 0.3) is 0 Å². The third kappa shape index (κ3) is 4.25. The quantitative estimate of drug-likeness (QED) is 0.188. The summed E-state index contributed by atoms with van der Waals surface area (Å²) in [6.45, 7) is 0. The Kier molecular flexibility index (Phi) is 6.43.